The first-order valence-electron chi connectivity index (χ1n) is 10.0. The van der Waals surface area contributed by atoms with Crippen molar-refractivity contribution in [2.45, 2.75) is 36.8 Å². The Bertz CT molecular complexity index is 1140. The fourth-order valence-electron chi connectivity index (χ4n) is 3.78. The third-order valence-corrected chi connectivity index (χ3v) is 5.42. The molecule has 0 spiro atoms. The van der Waals surface area contributed by atoms with Crippen molar-refractivity contribution in [3.05, 3.63) is 59.2 Å². The zero-order valence-corrected chi connectivity index (χ0v) is 17.9. The van der Waals surface area contributed by atoms with Crippen molar-refractivity contribution in [1.29, 1.82) is 5.26 Å². The van der Waals surface area contributed by atoms with Crippen LogP contribution < -0.4 is 16.0 Å². The lowest BCUT2D eigenvalue weighted by molar-refractivity contribution is -0.156. The number of hydrogen-bond donors (Lipinski definition) is 3. The van der Waals surface area contributed by atoms with Gasteiger partial charge in [-0.05, 0) is 48.4 Å². The first kappa shape index (κ1) is 25.8. The van der Waals surface area contributed by atoms with Gasteiger partial charge in [-0.25, -0.2) is 4.79 Å². The van der Waals surface area contributed by atoms with Crippen LogP contribution >= 0.6 is 0 Å². The number of hydrogen-bond acceptors (Lipinski definition) is 5. The van der Waals surface area contributed by atoms with E-state index in [1.807, 2.05) is 0 Å². The Morgan fingerprint density at radius 3 is 2.14 bits per heavy atom. The van der Waals surface area contributed by atoms with Gasteiger partial charge in [0.1, 0.15) is 6.04 Å². The molecule has 13 heteroatoms. The lowest BCUT2D eigenvalue weighted by Crippen LogP contribution is -2.46. The first-order valence-corrected chi connectivity index (χ1v) is 10.0. The second-order valence-electron chi connectivity index (χ2n) is 7.68. The van der Waals surface area contributed by atoms with Gasteiger partial charge < -0.3 is 10.1 Å². The molecule has 3 unspecified atom stereocenters. The van der Waals surface area contributed by atoms with Gasteiger partial charge in [0.05, 0.1) is 30.3 Å². The highest BCUT2D eigenvalue weighted by Gasteiger charge is 2.52. The minimum atomic E-state index is -4.94. The summed E-state index contributed by atoms with van der Waals surface area (Å²) in [5, 5.41) is 15.9. The normalized spacial score (nSPS) is 20.1. The van der Waals surface area contributed by atoms with Crippen molar-refractivity contribution in [2.24, 2.45) is 0 Å². The van der Waals surface area contributed by atoms with Crippen LogP contribution in [0.2, 0.25) is 0 Å². The van der Waals surface area contributed by atoms with Crippen molar-refractivity contribution in [3.8, 4) is 6.07 Å². The van der Waals surface area contributed by atoms with E-state index in [4.69, 9.17) is 5.26 Å². The maximum atomic E-state index is 13.7. The lowest BCUT2D eigenvalue weighted by atomic mass is 9.88. The summed E-state index contributed by atoms with van der Waals surface area (Å²) >= 11 is 0. The van der Waals surface area contributed by atoms with Crippen molar-refractivity contribution in [1.82, 2.24) is 5.32 Å². The van der Waals surface area contributed by atoms with E-state index < -0.39 is 59.9 Å². The van der Waals surface area contributed by atoms with E-state index in [-0.39, 0.29) is 11.3 Å². The van der Waals surface area contributed by atoms with Crippen LogP contribution in [-0.4, -0.2) is 37.4 Å². The van der Waals surface area contributed by atoms with E-state index in [0.29, 0.717) is 11.8 Å². The number of nitrogens with zero attached hydrogens (tertiary/aromatic N) is 1. The minimum Gasteiger partial charge on any atom is -0.453 e. The lowest BCUT2D eigenvalue weighted by Gasteiger charge is -2.23. The number of carbonyl (C=O) groups excluding carboxylic acids is 2. The molecule has 1 aliphatic heterocycles. The third kappa shape index (κ3) is 6.02. The monoisotopic (exact) mass is 500 g/mol. The predicted molar refractivity (Wildman–Crippen MR) is 111 cm³/mol. The van der Waals surface area contributed by atoms with Crippen LogP contribution in [0.1, 0.15) is 29.0 Å². The van der Waals surface area contributed by atoms with Gasteiger partial charge in [-0.2, -0.15) is 31.6 Å². The van der Waals surface area contributed by atoms with Crippen molar-refractivity contribution in [3.63, 3.8) is 0 Å². The molecule has 2 aromatic rings. The van der Waals surface area contributed by atoms with Crippen LogP contribution in [0.25, 0.3) is 0 Å². The highest BCUT2D eigenvalue weighted by Crippen LogP contribution is 2.42. The van der Waals surface area contributed by atoms with Gasteiger partial charge in [0.2, 0.25) is 5.91 Å². The highest BCUT2D eigenvalue weighted by atomic mass is 19.4. The number of rotatable bonds is 4. The van der Waals surface area contributed by atoms with Gasteiger partial charge >= 0.3 is 18.4 Å². The maximum Gasteiger partial charge on any atom is 0.417 e. The van der Waals surface area contributed by atoms with Gasteiger partial charge in [0.25, 0.3) is 0 Å². The average Bonchev–Trinajstić information content (AvgIpc) is 3.25. The van der Waals surface area contributed by atoms with Gasteiger partial charge in [-0.1, -0.05) is 6.07 Å². The molecule has 2 amide bonds. The average molecular weight is 500 g/mol. The van der Waals surface area contributed by atoms with Gasteiger partial charge in [0, 0.05) is 17.3 Å². The summed E-state index contributed by atoms with van der Waals surface area (Å²) in [6.45, 7) is 0. The number of amides is 2. The summed E-state index contributed by atoms with van der Waals surface area (Å²) in [6, 6.07) is 5.76. The fourth-order valence-corrected chi connectivity index (χ4v) is 3.78. The number of alkyl halides is 6. The Morgan fingerprint density at radius 1 is 1.03 bits per heavy atom. The van der Waals surface area contributed by atoms with Gasteiger partial charge in [-0.15, -0.1) is 0 Å². The number of nitrogens with one attached hydrogen (secondary N) is 3. The SMILES string of the molecule is COC(=O)Nc1ccc(NC(=O)C2CC(c3ccc(C#N)c(C(F)(F)F)c3)C(C(F)(F)F)N2)cc1. The molecule has 1 aliphatic rings. The van der Waals surface area contributed by atoms with E-state index in [1.165, 1.54) is 37.4 Å². The summed E-state index contributed by atoms with van der Waals surface area (Å²) in [7, 11) is 1.17. The largest absolute Gasteiger partial charge is 0.453 e. The smallest absolute Gasteiger partial charge is 0.417 e. The zero-order valence-electron chi connectivity index (χ0n) is 17.9. The van der Waals surface area contributed by atoms with Crippen molar-refractivity contribution < 1.29 is 40.7 Å². The van der Waals surface area contributed by atoms with E-state index in [0.717, 1.165) is 12.1 Å². The Balaban J connectivity index is 1.81. The van der Waals surface area contributed by atoms with E-state index >= 15 is 0 Å². The molecule has 3 rings (SSSR count). The van der Waals surface area contributed by atoms with Crippen LogP contribution in [0.5, 0.6) is 0 Å². The van der Waals surface area contributed by atoms with Gasteiger partial charge in [0.15, 0.2) is 0 Å². The highest BCUT2D eigenvalue weighted by molar-refractivity contribution is 5.95. The number of ether oxygens (including phenoxy) is 1. The molecule has 0 radical (unpaired) electrons. The Hall–Kier alpha value is -3.79. The number of carbonyl (C=O) groups is 2. The summed E-state index contributed by atoms with van der Waals surface area (Å²) in [4.78, 5) is 23.9. The van der Waals surface area contributed by atoms with Crippen LogP contribution in [0.4, 0.5) is 42.5 Å². The molecule has 2 aromatic carbocycles. The molecular weight excluding hydrogens is 482 g/mol. The van der Waals surface area contributed by atoms with Crippen LogP contribution in [-0.2, 0) is 15.7 Å². The third-order valence-electron chi connectivity index (χ3n) is 5.42. The standard InChI is InChI=1S/C22H18F6N4O3/c1-35-20(34)31-14-6-4-13(5-7-14)30-19(33)17-9-15(18(32-17)22(26,27)28)11-2-3-12(10-29)16(8-11)21(23,24)25/h2-8,15,17-18,32H,9H2,1H3,(H,30,33)(H,31,34). The van der Waals surface area contributed by atoms with Crippen molar-refractivity contribution >= 4 is 23.4 Å². The van der Waals surface area contributed by atoms with Crippen molar-refractivity contribution in [2.75, 3.05) is 17.7 Å². The molecule has 1 saturated heterocycles. The van der Waals surface area contributed by atoms with Crippen LogP contribution in [0.3, 0.4) is 0 Å². The molecule has 186 valence electrons. The molecule has 0 aliphatic carbocycles. The second-order valence-corrected chi connectivity index (χ2v) is 7.68. The van der Waals surface area contributed by atoms with E-state index in [1.54, 1.807) is 0 Å². The molecule has 0 saturated carbocycles. The molecule has 7 nitrogen and oxygen atoms in total. The number of nitriles is 1. The summed E-state index contributed by atoms with van der Waals surface area (Å²) in [5.41, 5.74) is -1.79. The number of benzene rings is 2. The first-order chi connectivity index (χ1) is 16.3. The molecule has 0 bridgehead atoms. The Kier molecular flexibility index (Phi) is 7.25. The molecule has 35 heavy (non-hydrogen) atoms. The Morgan fingerprint density at radius 2 is 1.63 bits per heavy atom. The Labute approximate surface area is 195 Å². The van der Waals surface area contributed by atoms with Crippen LogP contribution in [0.15, 0.2) is 42.5 Å². The molecule has 0 aromatic heterocycles. The molecular formula is C22H18F6N4O3. The molecule has 3 N–H and O–H groups in total. The quantitative estimate of drug-likeness (QED) is 0.525. The minimum absolute atomic E-state index is 0.219. The zero-order chi connectivity index (χ0) is 26.0. The topological polar surface area (TPSA) is 103 Å². The van der Waals surface area contributed by atoms with E-state index in [2.05, 4.69) is 20.7 Å². The summed E-state index contributed by atoms with van der Waals surface area (Å²) < 4.78 is 85.5. The second kappa shape index (κ2) is 9.83. The number of anilines is 2. The number of halogens is 6. The summed E-state index contributed by atoms with van der Waals surface area (Å²) in [6.07, 6.45) is -10.9. The fraction of sp³-hybridized carbons (Fsp3) is 0.318. The maximum absolute atomic E-state index is 13.7. The number of methoxy groups -OCH3 is 1. The van der Waals surface area contributed by atoms with Gasteiger partial charge in [-0.3, -0.25) is 15.4 Å². The predicted octanol–water partition coefficient (Wildman–Crippen LogP) is 4.77. The molecule has 1 fully saturated rings. The molecule has 3 atom stereocenters. The molecule has 1 heterocycles. The van der Waals surface area contributed by atoms with Crippen LogP contribution in [0, 0.1) is 11.3 Å². The van der Waals surface area contributed by atoms with E-state index in [9.17, 15) is 35.9 Å². The summed E-state index contributed by atoms with van der Waals surface area (Å²) in [5.74, 6) is -2.31.